The van der Waals surface area contributed by atoms with Crippen LogP contribution in [-0.4, -0.2) is 28.1 Å². The molecule has 1 saturated heterocycles. The molecule has 4 nitrogen and oxygen atoms in total. The molecular formula is C12H15Cl2FN2O2S. The molecule has 1 aromatic carbocycles. The molecule has 20 heavy (non-hydrogen) atoms. The number of nitrogens with one attached hydrogen (secondary N) is 2. The maximum Gasteiger partial charge on any atom is 0.243 e. The highest BCUT2D eigenvalue weighted by Gasteiger charge is 2.23. The van der Waals surface area contributed by atoms with Gasteiger partial charge in [0, 0.05) is 6.54 Å². The van der Waals surface area contributed by atoms with Crippen LogP contribution >= 0.6 is 23.2 Å². The van der Waals surface area contributed by atoms with E-state index in [4.69, 9.17) is 23.2 Å². The van der Waals surface area contributed by atoms with Gasteiger partial charge in [0.05, 0.1) is 10.0 Å². The Kier molecular flexibility index (Phi) is 5.25. The number of sulfonamides is 1. The predicted octanol–water partition coefficient (Wildman–Crippen LogP) is 2.41. The third kappa shape index (κ3) is 3.83. The SMILES string of the molecule is O=S(=O)(NCCC1CCNC1)c1c(Cl)cc(F)cc1Cl. The van der Waals surface area contributed by atoms with Crippen LogP contribution in [0.4, 0.5) is 4.39 Å². The number of hydrogen-bond acceptors (Lipinski definition) is 3. The van der Waals surface area contributed by atoms with Gasteiger partial charge in [-0.3, -0.25) is 0 Å². The Morgan fingerprint density at radius 1 is 1.35 bits per heavy atom. The van der Waals surface area contributed by atoms with Crippen LogP contribution < -0.4 is 10.0 Å². The summed E-state index contributed by atoms with van der Waals surface area (Å²) in [6.45, 7) is 2.17. The Balaban J connectivity index is 2.06. The molecule has 1 atom stereocenters. The van der Waals surface area contributed by atoms with Gasteiger partial charge in [-0.2, -0.15) is 0 Å². The van der Waals surface area contributed by atoms with Gasteiger partial charge in [0.15, 0.2) is 0 Å². The quantitative estimate of drug-likeness (QED) is 0.865. The van der Waals surface area contributed by atoms with E-state index in [-0.39, 0.29) is 14.9 Å². The maximum atomic E-state index is 13.1. The summed E-state index contributed by atoms with van der Waals surface area (Å²) in [6.07, 6.45) is 1.78. The number of rotatable bonds is 5. The first kappa shape index (κ1) is 16.0. The smallest absolute Gasteiger partial charge is 0.243 e. The number of hydrogen-bond donors (Lipinski definition) is 2. The zero-order valence-corrected chi connectivity index (χ0v) is 13.0. The molecule has 0 amide bonds. The van der Waals surface area contributed by atoms with E-state index in [1.54, 1.807) is 0 Å². The second-order valence-electron chi connectivity index (χ2n) is 4.74. The Labute approximate surface area is 127 Å². The molecule has 2 N–H and O–H groups in total. The zero-order chi connectivity index (χ0) is 14.8. The second-order valence-corrected chi connectivity index (χ2v) is 7.26. The van der Waals surface area contributed by atoms with Crippen LogP contribution in [0, 0.1) is 11.7 Å². The fourth-order valence-electron chi connectivity index (χ4n) is 2.22. The zero-order valence-electron chi connectivity index (χ0n) is 10.6. The van der Waals surface area contributed by atoms with Gasteiger partial charge in [-0.25, -0.2) is 17.5 Å². The van der Waals surface area contributed by atoms with Crippen molar-refractivity contribution in [1.82, 2.24) is 10.0 Å². The van der Waals surface area contributed by atoms with E-state index in [0.29, 0.717) is 12.5 Å². The summed E-state index contributed by atoms with van der Waals surface area (Å²) in [5.41, 5.74) is 0. The van der Waals surface area contributed by atoms with Crippen molar-refractivity contribution in [1.29, 1.82) is 0 Å². The van der Waals surface area contributed by atoms with Crippen molar-refractivity contribution in [3.63, 3.8) is 0 Å². The lowest BCUT2D eigenvalue weighted by Gasteiger charge is -2.12. The molecule has 0 aromatic heterocycles. The van der Waals surface area contributed by atoms with E-state index in [1.807, 2.05) is 0 Å². The Morgan fingerprint density at radius 3 is 2.55 bits per heavy atom. The molecule has 1 aliphatic rings. The summed E-state index contributed by atoms with van der Waals surface area (Å²) in [7, 11) is -3.83. The molecule has 0 spiro atoms. The summed E-state index contributed by atoms with van der Waals surface area (Å²) >= 11 is 11.5. The van der Waals surface area contributed by atoms with Crippen molar-refractivity contribution in [3.05, 3.63) is 28.0 Å². The van der Waals surface area contributed by atoms with Crippen molar-refractivity contribution in [2.45, 2.75) is 17.7 Å². The highest BCUT2D eigenvalue weighted by Crippen LogP contribution is 2.30. The molecular weight excluding hydrogens is 326 g/mol. The highest BCUT2D eigenvalue weighted by molar-refractivity contribution is 7.89. The second kappa shape index (κ2) is 6.58. The predicted molar refractivity (Wildman–Crippen MR) is 77.2 cm³/mol. The van der Waals surface area contributed by atoms with Crippen LogP contribution in [0.3, 0.4) is 0 Å². The van der Waals surface area contributed by atoms with Crippen molar-refractivity contribution in [3.8, 4) is 0 Å². The Morgan fingerprint density at radius 2 is 2.00 bits per heavy atom. The molecule has 1 heterocycles. The van der Waals surface area contributed by atoms with Crippen molar-refractivity contribution >= 4 is 33.2 Å². The van der Waals surface area contributed by atoms with Crippen LogP contribution in [0.25, 0.3) is 0 Å². The van der Waals surface area contributed by atoms with Gasteiger partial charge in [-0.1, -0.05) is 23.2 Å². The van der Waals surface area contributed by atoms with Gasteiger partial charge < -0.3 is 5.32 Å². The minimum atomic E-state index is -3.83. The first-order chi connectivity index (χ1) is 9.40. The van der Waals surface area contributed by atoms with Crippen molar-refractivity contribution in [2.75, 3.05) is 19.6 Å². The van der Waals surface area contributed by atoms with E-state index >= 15 is 0 Å². The summed E-state index contributed by atoms with van der Waals surface area (Å²) in [4.78, 5) is -0.271. The summed E-state index contributed by atoms with van der Waals surface area (Å²) in [5.74, 6) is -0.201. The number of benzene rings is 1. The summed E-state index contributed by atoms with van der Waals surface area (Å²) in [5, 5.41) is 2.78. The lowest BCUT2D eigenvalue weighted by Crippen LogP contribution is -2.27. The molecule has 112 valence electrons. The lowest BCUT2D eigenvalue weighted by molar-refractivity contribution is 0.519. The molecule has 8 heteroatoms. The average Bonchev–Trinajstić information content (AvgIpc) is 2.79. The molecule has 1 aromatic rings. The third-order valence-corrected chi connectivity index (χ3v) is 5.62. The van der Waals surface area contributed by atoms with Crippen molar-refractivity contribution in [2.24, 2.45) is 5.92 Å². The monoisotopic (exact) mass is 340 g/mol. The highest BCUT2D eigenvalue weighted by atomic mass is 35.5. The fourth-order valence-corrected chi connectivity index (χ4v) is 4.45. The van der Waals surface area contributed by atoms with Crippen LogP contribution in [0.5, 0.6) is 0 Å². The summed E-state index contributed by atoms with van der Waals surface area (Å²) in [6, 6.07) is 1.87. The minimum absolute atomic E-state index is 0.218. The topological polar surface area (TPSA) is 58.2 Å². The van der Waals surface area contributed by atoms with E-state index < -0.39 is 15.8 Å². The van der Waals surface area contributed by atoms with Gasteiger partial charge in [-0.05, 0) is 44.0 Å². The van der Waals surface area contributed by atoms with Gasteiger partial charge >= 0.3 is 0 Å². The average molecular weight is 341 g/mol. The number of halogens is 3. The first-order valence-corrected chi connectivity index (χ1v) is 8.49. The molecule has 0 aliphatic carbocycles. The molecule has 0 saturated carbocycles. The van der Waals surface area contributed by atoms with Crippen LogP contribution in [0.2, 0.25) is 10.0 Å². The van der Waals surface area contributed by atoms with Crippen LogP contribution in [-0.2, 0) is 10.0 Å². The van der Waals surface area contributed by atoms with E-state index in [9.17, 15) is 12.8 Å². The van der Waals surface area contributed by atoms with Crippen molar-refractivity contribution < 1.29 is 12.8 Å². The van der Waals surface area contributed by atoms with E-state index in [0.717, 1.165) is 38.1 Å². The molecule has 1 unspecified atom stereocenters. The maximum absolute atomic E-state index is 13.1. The molecule has 0 bridgehead atoms. The molecule has 1 fully saturated rings. The largest absolute Gasteiger partial charge is 0.316 e. The van der Waals surface area contributed by atoms with Gasteiger partial charge in [0.1, 0.15) is 10.7 Å². The standard InChI is InChI=1S/C12H15Cl2FN2O2S/c13-10-5-9(15)6-11(14)12(10)20(18,19)17-4-2-8-1-3-16-7-8/h5-6,8,16-17H,1-4,7H2. The van der Waals surface area contributed by atoms with Gasteiger partial charge in [-0.15, -0.1) is 0 Å². The molecule has 1 aliphatic heterocycles. The Bertz CT molecular complexity index is 566. The van der Waals surface area contributed by atoms with Crippen LogP contribution in [0.15, 0.2) is 17.0 Å². The van der Waals surface area contributed by atoms with Gasteiger partial charge in [0.25, 0.3) is 0 Å². The third-order valence-electron chi connectivity index (χ3n) is 3.24. The Hall–Kier alpha value is -0.400. The van der Waals surface area contributed by atoms with E-state index in [2.05, 4.69) is 10.0 Å². The summed E-state index contributed by atoms with van der Waals surface area (Å²) < 4.78 is 39.8. The fraction of sp³-hybridized carbons (Fsp3) is 0.500. The molecule has 2 rings (SSSR count). The first-order valence-electron chi connectivity index (χ1n) is 6.25. The molecule has 0 radical (unpaired) electrons. The normalized spacial score (nSPS) is 19.4. The van der Waals surface area contributed by atoms with Gasteiger partial charge in [0.2, 0.25) is 10.0 Å². The lowest BCUT2D eigenvalue weighted by atomic mass is 10.1. The van der Waals surface area contributed by atoms with Crippen LogP contribution in [0.1, 0.15) is 12.8 Å². The minimum Gasteiger partial charge on any atom is -0.316 e. The van der Waals surface area contributed by atoms with E-state index in [1.165, 1.54) is 0 Å².